The van der Waals surface area contributed by atoms with Crippen LogP contribution in [0.5, 0.6) is 0 Å². The van der Waals surface area contributed by atoms with Crippen LogP contribution in [-0.4, -0.2) is 17.8 Å². The maximum atomic E-state index is 11.1. The molecule has 0 saturated heterocycles. The molecule has 0 aromatic rings. The molecule has 0 saturated carbocycles. The summed E-state index contributed by atoms with van der Waals surface area (Å²) in [5.74, 6) is 0. The van der Waals surface area contributed by atoms with Crippen LogP contribution < -0.4 is 0 Å². The highest BCUT2D eigenvalue weighted by Gasteiger charge is 2.13. The maximum Gasteiger partial charge on any atom is 0.510 e. The van der Waals surface area contributed by atoms with E-state index in [1.807, 2.05) is 0 Å². The number of carbonyl (C=O) groups is 1. The molecule has 0 aliphatic carbocycles. The van der Waals surface area contributed by atoms with E-state index < -0.39 is 11.7 Å². The van der Waals surface area contributed by atoms with Crippen LogP contribution in [0.2, 0.25) is 0 Å². The Morgan fingerprint density at radius 3 is 2.11 bits per heavy atom. The van der Waals surface area contributed by atoms with Crippen LogP contribution in [0.3, 0.4) is 0 Å². The lowest BCUT2D eigenvalue weighted by molar-refractivity contribution is 0.0244. The van der Waals surface area contributed by atoms with Crippen LogP contribution in [0.1, 0.15) is 72.1 Å². The Bertz CT molecular complexity index is 207. The van der Waals surface area contributed by atoms with Crippen molar-refractivity contribution >= 4 is 17.8 Å². The molecule has 3 nitrogen and oxygen atoms in total. The molecular weight excluding hydrogens is 252 g/mol. The van der Waals surface area contributed by atoms with E-state index in [0.717, 1.165) is 12.8 Å². The number of hydrogen-bond donors (Lipinski definition) is 0. The van der Waals surface area contributed by atoms with E-state index in [1.165, 1.54) is 32.1 Å². The van der Waals surface area contributed by atoms with Crippen LogP contribution >= 0.6 is 11.6 Å². The SMILES string of the molecule is CCCCCCCCCC(Cl)OC(=O)OC(C)C. The molecule has 4 heteroatoms. The standard InChI is InChI=1S/C14H27ClO3/c1-4-5-6-7-8-9-10-11-13(15)18-14(16)17-12(2)3/h12-13H,4-11H2,1-3H3. The van der Waals surface area contributed by atoms with Gasteiger partial charge in [0.1, 0.15) is 0 Å². The summed E-state index contributed by atoms with van der Waals surface area (Å²) in [7, 11) is 0. The Morgan fingerprint density at radius 1 is 1.00 bits per heavy atom. The lowest BCUT2D eigenvalue weighted by Gasteiger charge is -2.12. The maximum absolute atomic E-state index is 11.1. The van der Waals surface area contributed by atoms with E-state index in [9.17, 15) is 4.79 Å². The Balaban J connectivity index is 3.36. The molecule has 0 aliphatic heterocycles. The third kappa shape index (κ3) is 12.0. The van der Waals surface area contributed by atoms with Gasteiger partial charge in [0.2, 0.25) is 0 Å². The van der Waals surface area contributed by atoms with Crippen molar-refractivity contribution in [3.8, 4) is 0 Å². The number of rotatable bonds is 10. The third-order valence-electron chi connectivity index (χ3n) is 2.59. The number of carbonyl (C=O) groups excluding carboxylic acids is 1. The highest BCUT2D eigenvalue weighted by Crippen LogP contribution is 2.14. The predicted molar refractivity (Wildman–Crippen MR) is 75.0 cm³/mol. The van der Waals surface area contributed by atoms with Crippen molar-refractivity contribution in [1.29, 1.82) is 0 Å². The van der Waals surface area contributed by atoms with Gasteiger partial charge in [0.05, 0.1) is 6.10 Å². The van der Waals surface area contributed by atoms with Crippen LogP contribution in [0.25, 0.3) is 0 Å². The zero-order valence-corrected chi connectivity index (χ0v) is 12.7. The summed E-state index contributed by atoms with van der Waals surface area (Å²) < 4.78 is 9.76. The van der Waals surface area contributed by atoms with Crippen molar-refractivity contribution < 1.29 is 14.3 Å². The van der Waals surface area contributed by atoms with Gasteiger partial charge in [0, 0.05) is 0 Å². The van der Waals surface area contributed by atoms with Crippen LogP contribution in [0, 0.1) is 0 Å². The minimum atomic E-state index is -0.673. The van der Waals surface area contributed by atoms with E-state index in [4.69, 9.17) is 21.1 Å². The quantitative estimate of drug-likeness (QED) is 0.311. The summed E-state index contributed by atoms with van der Waals surface area (Å²) in [5.41, 5.74) is -0.563. The molecule has 0 aromatic carbocycles. The fraction of sp³-hybridized carbons (Fsp3) is 0.929. The molecule has 0 spiro atoms. The summed E-state index contributed by atoms with van der Waals surface area (Å²) in [6.07, 6.45) is 8.44. The van der Waals surface area contributed by atoms with Crippen molar-refractivity contribution in [3.63, 3.8) is 0 Å². The number of ether oxygens (including phenoxy) is 2. The number of halogens is 1. The molecule has 0 amide bonds. The van der Waals surface area contributed by atoms with Gasteiger partial charge in [-0.1, -0.05) is 57.0 Å². The van der Waals surface area contributed by atoms with Crippen molar-refractivity contribution in [2.75, 3.05) is 0 Å². The van der Waals surface area contributed by atoms with Crippen LogP contribution in [0.15, 0.2) is 0 Å². The second-order valence-electron chi connectivity index (χ2n) is 4.85. The van der Waals surface area contributed by atoms with Crippen LogP contribution in [-0.2, 0) is 9.47 Å². The minimum absolute atomic E-state index is 0.167. The molecule has 0 rings (SSSR count). The minimum Gasteiger partial charge on any atom is -0.432 e. The summed E-state index contributed by atoms with van der Waals surface area (Å²) in [6.45, 7) is 5.77. The lowest BCUT2D eigenvalue weighted by Crippen LogP contribution is -2.17. The number of unbranched alkanes of at least 4 members (excludes halogenated alkanes) is 6. The molecule has 1 unspecified atom stereocenters. The Hall–Kier alpha value is -0.440. The van der Waals surface area contributed by atoms with E-state index in [0.29, 0.717) is 6.42 Å². The third-order valence-corrected chi connectivity index (χ3v) is 2.90. The molecule has 0 heterocycles. The van der Waals surface area contributed by atoms with Gasteiger partial charge in [0.15, 0.2) is 5.56 Å². The van der Waals surface area contributed by atoms with Gasteiger partial charge < -0.3 is 9.47 Å². The van der Waals surface area contributed by atoms with Crippen molar-refractivity contribution in [2.24, 2.45) is 0 Å². The topological polar surface area (TPSA) is 35.5 Å². The molecular formula is C14H27ClO3. The molecule has 0 aromatic heterocycles. The van der Waals surface area contributed by atoms with Crippen molar-refractivity contribution in [1.82, 2.24) is 0 Å². The Morgan fingerprint density at radius 2 is 1.56 bits per heavy atom. The molecule has 0 N–H and O–H groups in total. The van der Waals surface area contributed by atoms with E-state index in [2.05, 4.69) is 6.92 Å². The summed E-state index contributed by atoms with van der Waals surface area (Å²) >= 11 is 5.90. The molecule has 18 heavy (non-hydrogen) atoms. The van der Waals surface area contributed by atoms with Crippen molar-refractivity contribution in [3.05, 3.63) is 0 Å². The first-order valence-electron chi connectivity index (χ1n) is 7.07. The lowest BCUT2D eigenvalue weighted by atomic mass is 10.1. The first kappa shape index (κ1) is 17.6. The Labute approximate surface area is 116 Å². The highest BCUT2D eigenvalue weighted by atomic mass is 35.5. The predicted octanol–water partition coefficient (Wildman–Crippen LogP) is 5.25. The molecule has 0 bridgehead atoms. The van der Waals surface area contributed by atoms with Gasteiger partial charge in [-0.3, -0.25) is 0 Å². The Kier molecular flexibility index (Phi) is 11.4. The largest absolute Gasteiger partial charge is 0.510 e. The molecule has 108 valence electrons. The summed E-state index contributed by atoms with van der Waals surface area (Å²) in [5, 5.41) is 0. The van der Waals surface area contributed by atoms with Gasteiger partial charge >= 0.3 is 6.16 Å². The summed E-state index contributed by atoms with van der Waals surface area (Å²) in [6, 6.07) is 0. The zero-order valence-electron chi connectivity index (χ0n) is 11.9. The molecule has 0 fully saturated rings. The van der Waals surface area contributed by atoms with Crippen molar-refractivity contribution in [2.45, 2.75) is 83.8 Å². The second kappa shape index (κ2) is 11.6. The van der Waals surface area contributed by atoms with E-state index >= 15 is 0 Å². The first-order chi connectivity index (χ1) is 8.56. The van der Waals surface area contributed by atoms with E-state index in [1.54, 1.807) is 13.8 Å². The highest BCUT2D eigenvalue weighted by molar-refractivity contribution is 6.20. The zero-order chi connectivity index (χ0) is 13.8. The smallest absolute Gasteiger partial charge is 0.432 e. The first-order valence-corrected chi connectivity index (χ1v) is 7.51. The number of hydrogen-bond acceptors (Lipinski definition) is 3. The van der Waals surface area contributed by atoms with Gasteiger partial charge in [-0.15, -0.1) is 0 Å². The van der Waals surface area contributed by atoms with Gasteiger partial charge in [-0.2, -0.15) is 0 Å². The normalized spacial score (nSPS) is 12.5. The van der Waals surface area contributed by atoms with Crippen LogP contribution in [0.4, 0.5) is 4.79 Å². The second-order valence-corrected chi connectivity index (χ2v) is 5.34. The van der Waals surface area contributed by atoms with Gasteiger partial charge in [-0.25, -0.2) is 4.79 Å². The monoisotopic (exact) mass is 278 g/mol. The van der Waals surface area contributed by atoms with Gasteiger partial charge in [0.25, 0.3) is 0 Å². The molecule has 1 atom stereocenters. The fourth-order valence-corrected chi connectivity index (χ4v) is 1.87. The molecule has 0 radical (unpaired) electrons. The fourth-order valence-electron chi connectivity index (χ4n) is 1.65. The average Bonchev–Trinajstić information content (AvgIpc) is 2.26. The van der Waals surface area contributed by atoms with E-state index in [-0.39, 0.29) is 6.10 Å². The number of alkyl halides is 1. The molecule has 0 aliphatic rings. The van der Waals surface area contributed by atoms with Gasteiger partial charge in [-0.05, 0) is 26.7 Å². The summed E-state index contributed by atoms with van der Waals surface area (Å²) in [4.78, 5) is 11.1. The average molecular weight is 279 g/mol.